The second-order valence-electron chi connectivity index (χ2n) is 7.45. The molecule has 2 aliphatic rings. The van der Waals surface area contributed by atoms with E-state index in [1.807, 2.05) is 35.9 Å². The average Bonchev–Trinajstić information content (AvgIpc) is 2.90. The van der Waals surface area contributed by atoms with Crippen molar-refractivity contribution in [1.82, 2.24) is 9.78 Å². The van der Waals surface area contributed by atoms with Crippen molar-refractivity contribution in [3.05, 3.63) is 50.8 Å². The van der Waals surface area contributed by atoms with Crippen LogP contribution < -0.4 is 5.56 Å². The summed E-state index contributed by atoms with van der Waals surface area (Å²) in [5.74, 6) is 0.735. The van der Waals surface area contributed by atoms with Crippen molar-refractivity contribution < 1.29 is 4.74 Å². The number of hydrogen-bond acceptors (Lipinski definition) is 4. The first kappa shape index (κ1) is 17.9. The van der Waals surface area contributed by atoms with Gasteiger partial charge in [0.25, 0.3) is 5.56 Å². The molecule has 2 aromatic rings. The number of hydrogen-bond donors (Lipinski definition) is 1. The first-order valence-corrected chi connectivity index (χ1v) is 10.1. The highest BCUT2D eigenvalue weighted by Gasteiger charge is 2.36. The van der Waals surface area contributed by atoms with Crippen LogP contribution in [0.2, 0.25) is 5.02 Å². The first-order chi connectivity index (χ1) is 12.4. The fourth-order valence-electron chi connectivity index (χ4n) is 3.80. The SMILES string of the molecule is CC1=Nc2c(c(=O)[nH]n2[C@H]2CCOC(C)(C)C2)[C@@H](c2ccccc2Cl)S1. The molecule has 1 fully saturated rings. The average molecular weight is 392 g/mol. The number of rotatable bonds is 2. The molecular weight excluding hydrogens is 370 g/mol. The van der Waals surface area contributed by atoms with Crippen molar-refractivity contribution in [3.63, 3.8) is 0 Å². The second-order valence-corrected chi connectivity index (χ2v) is 9.16. The van der Waals surface area contributed by atoms with Crippen LogP contribution in [-0.2, 0) is 4.74 Å². The van der Waals surface area contributed by atoms with Crippen LogP contribution in [0.1, 0.15) is 56.0 Å². The molecule has 1 saturated heterocycles. The van der Waals surface area contributed by atoms with Crippen LogP contribution in [0.25, 0.3) is 0 Å². The summed E-state index contributed by atoms with van der Waals surface area (Å²) in [7, 11) is 0. The lowest BCUT2D eigenvalue weighted by molar-refractivity contribution is -0.0705. The molecule has 138 valence electrons. The van der Waals surface area contributed by atoms with E-state index in [9.17, 15) is 4.79 Å². The Hall–Kier alpha value is -1.50. The van der Waals surface area contributed by atoms with E-state index in [1.54, 1.807) is 11.8 Å². The highest BCUT2D eigenvalue weighted by molar-refractivity contribution is 8.14. The zero-order valence-corrected chi connectivity index (χ0v) is 16.7. The van der Waals surface area contributed by atoms with E-state index < -0.39 is 0 Å². The molecule has 4 rings (SSSR count). The molecule has 0 spiro atoms. The number of halogens is 1. The number of H-pyrrole nitrogens is 1. The van der Waals surface area contributed by atoms with Gasteiger partial charge < -0.3 is 4.74 Å². The van der Waals surface area contributed by atoms with Gasteiger partial charge in [-0.25, -0.2) is 4.99 Å². The summed E-state index contributed by atoms with van der Waals surface area (Å²) in [6.45, 7) is 6.83. The molecule has 5 nitrogen and oxygen atoms in total. The Morgan fingerprint density at radius 1 is 1.38 bits per heavy atom. The lowest BCUT2D eigenvalue weighted by atomic mass is 9.94. The Labute approximate surface area is 161 Å². The minimum absolute atomic E-state index is 0.0852. The van der Waals surface area contributed by atoms with Gasteiger partial charge in [-0.1, -0.05) is 41.6 Å². The summed E-state index contributed by atoms with van der Waals surface area (Å²) in [5.41, 5.74) is 1.35. The number of aliphatic imine (C=N–C) groups is 1. The molecule has 7 heteroatoms. The van der Waals surface area contributed by atoms with Crippen LogP contribution in [0.3, 0.4) is 0 Å². The van der Waals surface area contributed by atoms with Gasteiger partial charge in [0.15, 0.2) is 5.82 Å². The third-order valence-electron chi connectivity index (χ3n) is 4.97. The van der Waals surface area contributed by atoms with Crippen molar-refractivity contribution >= 4 is 34.2 Å². The van der Waals surface area contributed by atoms with E-state index in [0.717, 1.165) is 29.3 Å². The summed E-state index contributed by atoms with van der Waals surface area (Å²) >= 11 is 8.01. The number of aromatic nitrogens is 2. The Kier molecular flexibility index (Phi) is 4.53. The van der Waals surface area contributed by atoms with E-state index in [-0.39, 0.29) is 22.5 Å². The number of fused-ring (bicyclic) bond motifs is 1. The molecule has 0 amide bonds. The fraction of sp³-hybridized carbons (Fsp3) is 0.474. The summed E-state index contributed by atoms with van der Waals surface area (Å²) in [5, 5.41) is 4.50. The summed E-state index contributed by atoms with van der Waals surface area (Å²) in [6, 6.07) is 7.87. The molecule has 26 heavy (non-hydrogen) atoms. The van der Waals surface area contributed by atoms with Crippen molar-refractivity contribution in [3.8, 4) is 0 Å². The van der Waals surface area contributed by atoms with E-state index >= 15 is 0 Å². The standard InChI is InChI=1S/C19H22ClN3O2S/c1-11-21-17-15(16(26-11)13-6-4-5-7-14(13)20)18(24)22-23(17)12-8-9-25-19(2,3)10-12/h4-7,12,16H,8-10H2,1-3H3,(H,22,24)/t12-,16+/m0/s1. The molecule has 0 bridgehead atoms. The van der Waals surface area contributed by atoms with Gasteiger partial charge in [-0.15, -0.1) is 0 Å². The monoisotopic (exact) mass is 391 g/mol. The largest absolute Gasteiger partial charge is 0.375 e. The maximum Gasteiger partial charge on any atom is 0.271 e. The molecule has 0 saturated carbocycles. The van der Waals surface area contributed by atoms with Crippen molar-refractivity contribution in [1.29, 1.82) is 0 Å². The molecule has 0 radical (unpaired) electrons. The van der Waals surface area contributed by atoms with Gasteiger partial charge in [0.05, 0.1) is 27.5 Å². The predicted molar refractivity (Wildman–Crippen MR) is 107 cm³/mol. The summed E-state index contributed by atoms with van der Waals surface area (Å²) in [6.07, 6.45) is 1.70. The minimum Gasteiger partial charge on any atom is -0.375 e. The van der Waals surface area contributed by atoms with Crippen LogP contribution in [0, 0.1) is 0 Å². The lowest BCUT2D eigenvalue weighted by Crippen LogP contribution is -2.35. The Bertz CT molecular complexity index is 931. The molecule has 0 unspecified atom stereocenters. The van der Waals surface area contributed by atoms with E-state index in [2.05, 4.69) is 18.9 Å². The van der Waals surface area contributed by atoms with Gasteiger partial charge in [0.2, 0.25) is 0 Å². The van der Waals surface area contributed by atoms with E-state index in [0.29, 0.717) is 17.2 Å². The lowest BCUT2D eigenvalue weighted by Gasteiger charge is -2.36. The van der Waals surface area contributed by atoms with E-state index in [1.165, 1.54) is 0 Å². The molecule has 2 atom stereocenters. The van der Waals surface area contributed by atoms with Gasteiger partial charge in [-0.05, 0) is 45.2 Å². The number of nitrogens with one attached hydrogen (secondary N) is 1. The Morgan fingerprint density at radius 2 is 2.15 bits per heavy atom. The van der Waals surface area contributed by atoms with Crippen LogP contribution in [0.4, 0.5) is 5.82 Å². The van der Waals surface area contributed by atoms with Crippen molar-refractivity contribution in [2.75, 3.05) is 6.61 Å². The first-order valence-electron chi connectivity index (χ1n) is 8.80. The van der Waals surface area contributed by atoms with Gasteiger partial charge in [0.1, 0.15) is 0 Å². The van der Waals surface area contributed by atoms with Gasteiger partial charge in [-0.2, -0.15) is 0 Å². The summed E-state index contributed by atoms with van der Waals surface area (Å²) < 4.78 is 7.79. The number of benzene rings is 1. The number of nitrogens with zero attached hydrogens (tertiary/aromatic N) is 2. The van der Waals surface area contributed by atoms with Crippen LogP contribution in [-0.4, -0.2) is 27.0 Å². The number of thioether (sulfide) groups is 1. The molecule has 0 aliphatic carbocycles. The molecule has 1 aromatic heterocycles. The molecule has 1 N–H and O–H groups in total. The van der Waals surface area contributed by atoms with Crippen LogP contribution in [0.15, 0.2) is 34.1 Å². The third-order valence-corrected chi connectivity index (χ3v) is 6.48. The predicted octanol–water partition coefficient (Wildman–Crippen LogP) is 4.85. The quantitative estimate of drug-likeness (QED) is 0.796. The smallest absolute Gasteiger partial charge is 0.271 e. The van der Waals surface area contributed by atoms with Gasteiger partial charge >= 0.3 is 0 Å². The molecule has 2 aliphatic heterocycles. The zero-order valence-electron chi connectivity index (χ0n) is 15.1. The fourth-order valence-corrected chi connectivity index (χ4v) is 5.25. The molecule has 1 aromatic carbocycles. The van der Waals surface area contributed by atoms with Crippen molar-refractivity contribution in [2.24, 2.45) is 4.99 Å². The van der Waals surface area contributed by atoms with Crippen molar-refractivity contribution in [2.45, 2.75) is 50.5 Å². The molecule has 3 heterocycles. The summed E-state index contributed by atoms with van der Waals surface area (Å²) in [4.78, 5) is 17.6. The Morgan fingerprint density at radius 3 is 2.88 bits per heavy atom. The second kappa shape index (κ2) is 6.59. The van der Waals surface area contributed by atoms with Gasteiger partial charge in [-0.3, -0.25) is 14.6 Å². The number of ether oxygens (including phenoxy) is 1. The third kappa shape index (κ3) is 3.15. The maximum absolute atomic E-state index is 12.9. The minimum atomic E-state index is -0.207. The van der Waals surface area contributed by atoms with Gasteiger partial charge in [0, 0.05) is 11.6 Å². The highest BCUT2D eigenvalue weighted by atomic mass is 35.5. The normalized spacial score (nSPS) is 24.8. The maximum atomic E-state index is 12.9. The molecular formula is C19H22ClN3O2S. The van der Waals surface area contributed by atoms with Crippen LogP contribution >= 0.6 is 23.4 Å². The Balaban J connectivity index is 1.82. The topological polar surface area (TPSA) is 59.4 Å². The van der Waals surface area contributed by atoms with Crippen LogP contribution in [0.5, 0.6) is 0 Å². The zero-order chi connectivity index (χ0) is 18.5. The highest BCUT2D eigenvalue weighted by Crippen LogP contribution is 2.46. The van der Waals surface area contributed by atoms with E-state index in [4.69, 9.17) is 21.3 Å². The number of aromatic amines is 1.